The van der Waals surface area contributed by atoms with E-state index in [0.717, 1.165) is 30.1 Å². The molecule has 0 spiro atoms. The van der Waals surface area contributed by atoms with Gasteiger partial charge in [-0.05, 0) is 99.2 Å². The summed E-state index contributed by atoms with van der Waals surface area (Å²) >= 11 is 0. The van der Waals surface area contributed by atoms with Crippen LogP contribution in [0, 0.1) is 52.3 Å². The van der Waals surface area contributed by atoms with Gasteiger partial charge in [-0.25, -0.2) is 0 Å². The Morgan fingerprint density at radius 3 is 2.72 bits per heavy atom. The van der Waals surface area contributed by atoms with E-state index in [1.807, 2.05) is 6.92 Å². The van der Waals surface area contributed by atoms with Gasteiger partial charge in [0.05, 0.1) is 23.9 Å². The number of hydrogen-bond acceptors (Lipinski definition) is 3. The molecule has 0 bridgehead atoms. The number of fused-ring (bicyclic) bond motifs is 5. The first-order chi connectivity index (χ1) is 13.9. The van der Waals surface area contributed by atoms with Gasteiger partial charge in [0, 0.05) is 6.20 Å². The van der Waals surface area contributed by atoms with Gasteiger partial charge in [-0.15, -0.1) is 0 Å². The molecular weight excluding hydrogens is 358 g/mol. The van der Waals surface area contributed by atoms with Crippen LogP contribution in [0.15, 0.2) is 12.4 Å². The summed E-state index contributed by atoms with van der Waals surface area (Å²) in [7, 11) is 0. The highest BCUT2D eigenvalue weighted by Crippen LogP contribution is 2.64. The second-order valence-electron chi connectivity index (χ2n) is 11.3. The Morgan fingerprint density at radius 1 is 1.14 bits per heavy atom. The SMILES string of the molecule is CC12CCCCC1CCC1C2CCC2[C@H]1CC[C@@H]2[C@@](C)(O)Cn1cc(C#N)cn1. The van der Waals surface area contributed by atoms with Gasteiger partial charge in [-0.2, -0.15) is 10.4 Å². The summed E-state index contributed by atoms with van der Waals surface area (Å²) in [6, 6.07) is 2.14. The van der Waals surface area contributed by atoms with Crippen LogP contribution in [0.1, 0.15) is 83.6 Å². The van der Waals surface area contributed by atoms with E-state index >= 15 is 0 Å². The Morgan fingerprint density at radius 2 is 1.93 bits per heavy atom. The number of rotatable bonds is 3. The van der Waals surface area contributed by atoms with Crippen molar-refractivity contribution in [3.63, 3.8) is 0 Å². The van der Waals surface area contributed by atoms with E-state index in [9.17, 15) is 5.11 Å². The van der Waals surface area contributed by atoms with E-state index in [1.165, 1.54) is 57.8 Å². The standard InChI is InChI=1S/C25H37N3O/c1-24-12-4-3-5-18(24)6-7-20-19-8-11-23(21(19)9-10-22(20)24)25(2,29)16-28-15-17(13-26)14-27-28/h14-15,18-23,29H,3-12,16H2,1-2H3/t18?,19-,20?,21?,22?,23-,24?,25-/m0/s1. The molecule has 4 aliphatic rings. The van der Waals surface area contributed by atoms with E-state index in [-0.39, 0.29) is 0 Å². The molecule has 0 amide bonds. The van der Waals surface area contributed by atoms with E-state index < -0.39 is 5.60 Å². The third kappa shape index (κ3) is 3.16. The number of aromatic nitrogens is 2. The topological polar surface area (TPSA) is 61.8 Å². The smallest absolute Gasteiger partial charge is 0.102 e. The van der Waals surface area contributed by atoms with Crippen LogP contribution in [0.2, 0.25) is 0 Å². The molecule has 5 unspecified atom stereocenters. The molecule has 8 atom stereocenters. The minimum atomic E-state index is -0.753. The molecule has 29 heavy (non-hydrogen) atoms. The van der Waals surface area contributed by atoms with Gasteiger partial charge in [0.1, 0.15) is 6.07 Å². The second-order valence-corrected chi connectivity index (χ2v) is 11.3. The molecule has 5 rings (SSSR count). The minimum absolute atomic E-state index is 0.361. The first-order valence-corrected chi connectivity index (χ1v) is 12.1. The van der Waals surface area contributed by atoms with Crippen LogP contribution < -0.4 is 0 Å². The lowest BCUT2D eigenvalue weighted by Gasteiger charge is -2.58. The van der Waals surface area contributed by atoms with Crippen LogP contribution in [-0.4, -0.2) is 20.5 Å². The van der Waals surface area contributed by atoms with Gasteiger partial charge in [0.25, 0.3) is 0 Å². The lowest BCUT2D eigenvalue weighted by Crippen LogP contribution is -2.51. The van der Waals surface area contributed by atoms with Crippen LogP contribution in [0.5, 0.6) is 0 Å². The summed E-state index contributed by atoms with van der Waals surface area (Å²) < 4.78 is 1.77. The highest BCUT2D eigenvalue weighted by Gasteiger charge is 2.57. The van der Waals surface area contributed by atoms with Gasteiger partial charge in [0.15, 0.2) is 0 Å². The number of aliphatic hydroxyl groups is 1. The molecule has 158 valence electrons. The van der Waals surface area contributed by atoms with Crippen molar-refractivity contribution in [1.82, 2.24) is 9.78 Å². The predicted octanol–water partition coefficient (Wildman–Crippen LogP) is 5.16. The van der Waals surface area contributed by atoms with Crippen LogP contribution in [0.3, 0.4) is 0 Å². The molecule has 1 aromatic rings. The summed E-state index contributed by atoms with van der Waals surface area (Å²) in [6.07, 6.45) is 17.2. The van der Waals surface area contributed by atoms with Gasteiger partial charge in [0.2, 0.25) is 0 Å². The predicted molar refractivity (Wildman–Crippen MR) is 113 cm³/mol. The molecule has 1 N–H and O–H groups in total. The largest absolute Gasteiger partial charge is 0.388 e. The van der Waals surface area contributed by atoms with Crippen molar-refractivity contribution in [2.45, 2.75) is 90.2 Å². The Hall–Kier alpha value is -1.34. The van der Waals surface area contributed by atoms with Crippen molar-refractivity contribution < 1.29 is 5.11 Å². The zero-order valence-corrected chi connectivity index (χ0v) is 18.2. The molecular formula is C25H37N3O. The molecule has 0 radical (unpaired) electrons. The van der Waals surface area contributed by atoms with Crippen LogP contribution in [-0.2, 0) is 6.54 Å². The van der Waals surface area contributed by atoms with Crippen molar-refractivity contribution in [2.75, 3.05) is 0 Å². The van der Waals surface area contributed by atoms with Crippen molar-refractivity contribution >= 4 is 0 Å². The highest BCUT2D eigenvalue weighted by atomic mass is 16.3. The fraction of sp³-hybridized carbons (Fsp3) is 0.840. The Kier molecular flexibility index (Phi) is 4.81. The Balaban J connectivity index is 1.33. The molecule has 4 aliphatic carbocycles. The minimum Gasteiger partial charge on any atom is -0.388 e. The van der Waals surface area contributed by atoms with Crippen molar-refractivity contribution in [3.8, 4) is 6.07 Å². The van der Waals surface area contributed by atoms with Crippen LogP contribution in [0.25, 0.3) is 0 Å². The molecule has 4 saturated carbocycles. The molecule has 4 fully saturated rings. The maximum absolute atomic E-state index is 11.5. The summed E-state index contributed by atoms with van der Waals surface area (Å²) in [6.45, 7) is 5.15. The first kappa shape index (κ1) is 19.6. The quantitative estimate of drug-likeness (QED) is 0.768. The van der Waals surface area contributed by atoms with Gasteiger partial charge < -0.3 is 5.11 Å². The lowest BCUT2D eigenvalue weighted by molar-refractivity contribution is -0.103. The number of hydrogen-bond donors (Lipinski definition) is 1. The maximum Gasteiger partial charge on any atom is 0.102 e. The average molecular weight is 396 g/mol. The van der Waals surface area contributed by atoms with Gasteiger partial charge in [-0.1, -0.05) is 19.8 Å². The summed E-state index contributed by atoms with van der Waals surface area (Å²) in [5.74, 6) is 4.64. The molecule has 4 nitrogen and oxygen atoms in total. The van der Waals surface area contributed by atoms with Crippen LogP contribution >= 0.6 is 0 Å². The van der Waals surface area contributed by atoms with Gasteiger partial charge in [-0.3, -0.25) is 4.68 Å². The lowest BCUT2D eigenvalue weighted by atomic mass is 9.47. The molecule has 1 heterocycles. The fourth-order valence-electron chi connectivity index (χ4n) is 8.68. The molecule has 0 saturated heterocycles. The molecule has 0 aliphatic heterocycles. The summed E-state index contributed by atoms with van der Waals surface area (Å²) in [5.41, 5.74) is 0.412. The summed E-state index contributed by atoms with van der Waals surface area (Å²) in [4.78, 5) is 0. The van der Waals surface area contributed by atoms with E-state index in [4.69, 9.17) is 5.26 Å². The zero-order chi connectivity index (χ0) is 20.2. The molecule has 0 aromatic carbocycles. The van der Waals surface area contributed by atoms with Crippen molar-refractivity contribution in [1.29, 1.82) is 5.26 Å². The number of nitrogens with zero attached hydrogens (tertiary/aromatic N) is 3. The molecule has 4 heteroatoms. The molecule has 1 aromatic heterocycles. The fourth-order valence-corrected chi connectivity index (χ4v) is 8.68. The zero-order valence-electron chi connectivity index (χ0n) is 18.2. The monoisotopic (exact) mass is 395 g/mol. The maximum atomic E-state index is 11.5. The summed E-state index contributed by atoms with van der Waals surface area (Å²) in [5, 5.41) is 24.8. The van der Waals surface area contributed by atoms with E-state index in [0.29, 0.717) is 29.4 Å². The second kappa shape index (κ2) is 7.12. The number of nitriles is 1. The Bertz CT molecular complexity index is 792. The highest BCUT2D eigenvalue weighted by molar-refractivity contribution is 5.21. The third-order valence-electron chi connectivity index (χ3n) is 9.94. The average Bonchev–Trinajstić information content (AvgIpc) is 3.34. The normalized spacial score (nSPS) is 43.5. The van der Waals surface area contributed by atoms with E-state index in [2.05, 4.69) is 18.1 Å². The van der Waals surface area contributed by atoms with Gasteiger partial charge >= 0.3 is 0 Å². The van der Waals surface area contributed by atoms with Crippen LogP contribution in [0.4, 0.5) is 0 Å². The Labute approximate surface area is 175 Å². The first-order valence-electron chi connectivity index (χ1n) is 12.1. The van der Waals surface area contributed by atoms with Crippen molar-refractivity contribution in [2.24, 2.45) is 40.9 Å². The van der Waals surface area contributed by atoms with Crippen molar-refractivity contribution in [3.05, 3.63) is 18.0 Å². The third-order valence-corrected chi connectivity index (χ3v) is 9.94. The van der Waals surface area contributed by atoms with E-state index in [1.54, 1.807) is 17.1 Å².